The van der Waals surface area contributed by atoms with Crippen LogP contribution in [0.1, 0.15) is 36.2 Å². The third-order valence-corrected chi connectivity index (χ3v) is 4.64. The Labute approximate surface area is 156 Å². The van der Waals surface area contributed by atoms with Gasteiger partial charge in [-0.2, -0.15) is 0 Å². The summed E-state index contributed by atoms with van der Waals surface area (Å²) in [6.07, 6.45) is 2.73. The van der Waals surface area contributed by atoms with Crippen LogP contribution in [0.25, 0.3) is 0 Å². The van der Waals surface area contributed by atoms with Crippen molar-refractivity contribution in [2.24, 2.45) is 0 Å². The van der Waals surface area contributed by atoms with Gasteiger partial charge in [0.2, 0.25) is 0 Å². The van der Waals surface area contributed by atoms with E-state index in [0.717, 1.165) is 24.3 Å². The van der Waals surface area contributed by atoms with Crippen molar-refractivity contribution in [2.45, 2.75) is 33.2 Å². The number of aryl methyl sites for hydroxylation is 2. The summed E-state index contributed by atoms with van der Waals surface area (Å²) in [5, 5.41) is 4.16. The lowest BCUT2D eigenvalue weighted by Crippen LogP contribution is -2.38. The fraction of sp³-hybridized carbons (Fsp3) is 0.400. The van der Waals surface area contributed by atoms with Crippen LogP contribution >= 0.6 is 12.2 Å². The van der Waals surface area contributed by atoms with Gasteiger partial charge in [-0.05, 0) is 62.7 Å². The van der Waals surface area contributed by atoms with Crippen molar-refractivity contribution in [2.75, 3.05) is 25.6 Å². The summed E-state index contributed by atoms with van der Waals surface area (Å²) in [5.74, 6) is 0. The molecule has 0 spiro atoms. The molecule has 1 heterocycles. The maximum absolute atomic E-state index is 5.75. The second-order valence-electron chi connectivity index (χ2n) is 6.17. The molecule has 1 aromatic carbocycles. The lowest BCUT2D eigenvalue weighted by Gasteiger charge is -2.32. The van der Waals surface area contributed by atoms with E-state index in [1.54, 1.807) is 7.11 Å². The SMILES string of the molecule is COCCCN(C(=S)Nc1c(C)cccc1C)[C@H](C)c1ccccn1. The lowest BCUT2D eigenvalue weighted by molar-refractivity contribution is 0.181. The van der Waals surface area contributed by atoms with Gasteiger partial charge in [0, 0.05) is 32.1 Å². The van der Waals surface area contributed by atoms with E-state index in [-0.39, 0.29) is 6.04 Å². The summed E-state index contributed by atoms with van der Waals surface area (Å²) < 4.78 is 5.21. The monoisotopic (exact) mass is 357 g/mol. The highest BCUT2D eigenvalue weighted by Crippen LogP contribution is 2.23. The van der Waals surface area contributed by atoms with Gasteiger partial charge in [-0.3, -0.25) is 4.98 Å². The third kappa shape index (κ3) is 5.25. The Morgan fingerprint density at radius 1 is 1.20 bits per heavy atom. The molecular weight excluding hydrogens is 330 g/mol. The molecule has 0 saturated heterocycles. The van der Waals surface area contributed by atoms with Crippen molar-refractivity contribution in [3.8, 4) is 0 Å². The Balaban J connectivity index is 2.20. The molecule has 1 aromatic heterocycles. The number of thiocarbonyl (C=S) groups is 1. The molecular formula is C20H27N3OS. The van der Waals surface area contributed by atoms with Gasteiger partial charge in [-0.15, -0.1) is 0 Å². The Morgan fingerprint density at radius 2 is 1.92 bits per heavy atom. The zero-order chi connectivity index (χ0) is 18.2. The van der Waals surface area contributed by atoms with Crippen LogP contribution in [-0.4, -0.2) is 35.3 Å². The van der Waals surface area contributed by atoms with Crippen molar-refractivity contribution < 1.29 is 4.74 Å². The first-order valence-corrected chi connectivity index (χ1v) is 8.99. The Bertz CT molecular complexity index is 670. The molecule has 0 bridgehead atoms. The van der Waals surface area contributed by atoms with Crippen molar-refractivity contribution >= 4 is 23.0 Å². The Hall–Kier alpha value is -1.98. The van der Waals surface area contributed by atoms with Crippen LogP contribution in [0.2, 0.25) is 0 Å². The first-order valence-electron chi connectivity index (χ1n) is 8.58. The molecule has 0 saturated carbocycles. The summed E-state index contributed by atoms with van der Waals surface area (Å²) in [6.45, 7) is 7.83. The predicted octanol–water partition coefficient (Wildman–Crippen LogP) is 4.49. The quantitative estimate of drug-likeness (QED) is 0.583. The third-order valence-electron chi connectivity index (χ3n) is 4.30. The fourth-order valence-electron chi connectivity index (χ4n) is 2.82. The first kappa shape index (κ1) is 19.3. The highest BCUT2D eigenvalue weighted by molar-refractivity contribution is 7.80. The number of rotatable bonds is 7. The van der Waals surface area contributed by atoms with Gasteiger partial charge in [0.15, 0.2) is 5.11 Å². The minimum Gasteiger partial charge on any atom is -0.385 e. The number of nitrogens with zero attached hydrogens (tertiary/aromatic N) is 2. The van der Waals surface area contributed by atoms with Crippen LogP contribution in [0, 0.1) is 13.8 Å². The number of ether oxygens (including phenoxy) is 1. The van der Waals surface area contributed by atoms with Crippen LogP contribution in [0.15, 0.2) is 42.6 Å². The molecule has 1 atom stereocenters. The van der Waals surface area contributed by atoms with Crippen molar-refractivity contribution in [3.63, 3.8) is 0 Å². The zero-order valence-electron chi connectivity index (χ0n) is 15.5. The van der Waals surface area contributed by atoms with Gasteiger partial charge < -0.3 is 15.0 Å². The molecule has 25 heavy (non-hydrogen) atoms. The van der Waals surface area contributed by atoms with Crippen LogP contribution in [0.5, 0.6) is 0 Å². The molecule has 0 aliphatic rings. The highest BCUT2D eigenvalue weighted by atomic mass is 32.1. The van der Waals surface area contributed by atoms with Crippen molar-refractivity contribution in [1.29, 1.82) is 0 Å². The smallest absolute Gasteiger partial charge is 0.173 e. The molecule has 5 heteroatoms. The minimum absolute atomic E-state index is 0.0855. The van der Waals surface area contributed by atoms with Crippen molar-refractivity contribution in [3.05, 3.63) is 59.4 Å². The maximum Gasteiger partial charge on any atom is 0.173 e. The molecule has 134 valence electrons. The van der Waals surface area contributed by atoms with Gasteiger partial charge >= 0.3 is 0 Å². The molecule has 0 aliphatic heterocycles. The molecule has 0 unspecified atom stereocenters. The summed E-state index contributed by atoms with van der Waals surface area (Å²) in [4.78, 5) is 6.68. The summed E-state index contributed by atoms with van der Waals surface area (Å²) >= 11 is 5.75. The second kappa shape index (κ2) is 9.49. The van der Waals surface area contributed by atoms with Gasteiger partial charge in [0.1, 0.15) is 0 Å². The number of anilines is 1. The standard InChI is InChI=1S/C20H27N3OS/c1-15-9-7-10-16(2)19(15)22-20(25)23(13-8-14-24-4)17(3)18-11-5-6-12-21-18/h5-7,9-12,17H,8,13-14H2,1-4H3,(H,22,25)/t17-/m1/s1. The van der Waals surface area contributed by atoms with Gasteiger partial charge in [-0.1, -0.05) is 24.3 Å². The van der Waals surface area contributed by atoms with E-state index in [0.29, 0.717) is 11.7 Å². The van der Waals surface area contributed by atoms with E-state index in [1.165, 1.54) is 11.1 Å². The number of hydrogen-bond acceptors (Lipinski definition) is 3. The number of methoxy groups -OCH3 is 1. The number of hydrogen-bond donors (Lipinski definition) is 1. The largest absolute Gasteiger partial charge is 0.385 e. The molecule has 0 amide bonds. The second-order valence-corrected chi connectivity index (χ2v) is 6.55. The first-order chi connectivity index (χ1) is 12.0. The molecule has 0 radical (unpaired) electrons. The molecule has 1 N–H and O–H groups in total. The van der Waals surface area contributed by atoms with E-state index >= 15 is 0 Å². The van der Waals surface area contributed by atoms with Gasteiger partial charge in [0.05, 0.1) is 11.7 Å². The van der Waals surface area contributed by atoms with Gasteiger partial charge in [0.25, 0.3) is 0 Å². The number of benzene rings is 1. The molecule has 0 fully saturated rings. The fourth-order valence-corrected chi connectivity index (χ4v) is 3.17. The number of nitrogens with one attached hydrogen (secondary N) is 1. The van der Waals surface area contributed by atoms with Crippen LogP contribution in [-0.2, 0) is 4.74 Å². The molecule has 2 rings (SSSR count). The van der Waals surface area contributed by atoms with E-state index in [4.69, 9.17) is 17.0 Å². The number of pyridine rings is 1. The topological polar surface area (TPSA) is 37.4 Å². The van der Waals surface area contributed by atoms with Crippen LogP contribution in [0.3, 0.4) is 0 Å². The van der Waals surface area contributed by atoms with Gasteiger partial charge in [-0.25, -0.2) is 0 Å². The van der Waals surface area contributed by atoms with E-state index in [2.05, 4.69) is 54.2 Å². The zero-order valence-corrected chi connectivity index (χ0v) is 16.3. The van der Waals surface area contributed by atoms with E-state index < -0.39 is 0 Å². The summed E-state index contributed by atoms with van der Waals surface area (Å²) in [6, 6.07) is 12.3. The average molecular weight is 358 g/mol. The summed E-state index contributed by atoms with van der Waals surface area (Å²) in [7, 11) is 1.72. The normalized spacial score (nSPS) is 11.8. The molecule has 4 nitrogen and oxygen atoms in total. The van der Waals surface area contributed by atoms with E-state index in [1.807, 2.05) is 24.4 Å². The predicted molar refractivity (Wildman–Crippen MR) is 108 cm³/mol. The maximum atomic E-state index is 5.75. The van der Waals surface area contributed by atoms with Crippen LogP contribution < -0.4 is 5.32 Å². The average Bonchev–Trinajstić information content (AvgIpc) is 2.62. The molecule has 2 aromatic rings. The van der Waals surface area contributed by atoms with Crippen molar-refractivity contribution in [1.82, 2.24) is 9.88 Å². The lowest BCUT2D eigenvalue weighted by atomic mass is 10.1. The summed E-state index contributed by atoms with van der Waals surface area (Å²) in [5.41, 5.74) is 4.46. The minimum atomic E-state index is 0.0855. The number of para-hydroxylation sites is 1. The van der Waals surface area contributed by atoms with Crippen LogP contribution in [0.4, 0.5) is 5.69 Å². The Kier molecular flexibility index (Phi) is 7.34. The highest BCUT2D eigenvalue weighted by Gasteiger charge is 2.20. The Morgan fingerprint density at radius 3 is 2.52 bits per heavy atom. The number of aromatic nitrogens is 1. The van der Waals surface area contributed by atoms with E-state index in [9.17, 15) is 0 Å². The molecule has 0 aliphatic carbocycles.